The quantitative estimate of drug-likeness (QED) is 0.181. The molecule has 0 saturated heterocycles. The molecule has 294 valence electrons. The molecular weight excluding hydrogens is 913 g/mol. The molecule has 0 spiro atoms. The van der Waals surface area contributed by atoms with E-state index in [1.165, 1.54) is 39.5 Å². The summed E-state index contributed by atoms with van der Waals surface area (Å²) in [5.41, 5.74) is 4.04. The topological polar surface area (TPSA) is 186 Å². The number of methoxy groups -OCH3 is 2. The van der Waals surface area contributed by atoms with Gasteiger partial charge in [-0.25, -0.2) is 30.0 Å². The molecule has 3 aromatic rings. The van der Waals surface area contributed by atoms with Gasteiger partial charge in [-0.2, -0.15) is 8.61 Å². The van der Waals surface area contributed by atoms with Crippen molar-refractivity contribution < 1.29 is 39.8 Å². The molecule has 0 aromatic carbocycles. The Bertz CT molecular complexity index is 1940. The Morgan fingerprint density at radius 1 is 0.706 bits per heavy atom. The average Bonchev–Trinajstić information content (AvgIpc) is 3.63. The van der Waals surface area contributed by atoms with E-state index in [9.17, 15) is 30.4 Å². The van der Waals surface area contributed by atoms with Crippen molar-refractivity contribution in [1.82, 2.24) is 13.3 Å². The number of nitrogens with two attached hydrogens (primary N) is 1. The summed E-state index contributed by atoms with van der Waals surface area (Å²) in [5.74, 6) is 0.377. The largest absolute Gasteiger partial charge is 0.504 e. The van der Waals surface area contributed by atoms with Gasteiger partial charge in [0, 0.05) is 45.8 Å². The SMILES string of the molecule is CCN(C(C)(C)C)S(=O)(=O)c1scc(Br)c1OC.CCN(C(C)(C)C)S(=O)(=O)c1scc(N)c1O.COc1c(Br)csc1S(=O)(=O)NC(C)(C)C. The molecule has 0 saturated carbocycles. The summed E-state index contributed by atoms with van der Waals surface area (Å²) in [5, 5.41) is 14.5. The molecule has 4 N–H and O–H groups in total. The maximum atomic E-state index is 12.6. The Labute approximate surface area is 332 Å². The van der Waals surface area contributed by atoms with Crippen LogP contribution in [0.1, 0.15) is 76.2 Å². The number of nitrogens with zero attached hydrogens (tertiary/aromatic N) is 2. The van der Waals surface area contributed by atoms with E-state index in [-0.39, 0.29) is 24.1 Å². The van der Waals surface area contributed by atoms with Crippen molar-refractivity contribution in [3.8, 4) is 17.2 Å². The van der Waals surface area contributed by atoms with Crippen LogP contribution in [0, 0.1) is 0 Å². The number of hydrogen-bond donors (Lipinski definition) is 3. The first-order valence-electron chi connectivity index (χ1n) is 15.2. The molecule has 51 heavy (non-hydrogen) atoms. The summed E-state index contributed by atoms with van der Waals surface area (Å²) in [6.07, 6.45) is 0. The Morgan fingerprint density at radius 2 is 1.06 bits per heavy atom. The Kier molecular flexibility index (Phi) is 17.0. The fourth-order valence-electron chi connectivity index (χ4n) is 4.53. The van der Waals surface area contributed by atoms with E-state index in [4.69, 9.17) is 15.2 Å². The highest BCUT2D eigenvalue weighted by molar-refractivity contribution is 9.11. The van der Waals surface area contributed by atoms with Gasteiger partial charge >= 0.3 is 0 Å². The lowest BCUT2D eigenvalue weighted by Crippen LogP contribution is -2.45. The summed E-state index contributed by atoms with van der Waals surface area (Å²) in [7, 11) is -7.84. The van der Waals surface area contributed by atoms with Crippen LogP contribution < -0.4 is 19.9 Å². The zero-order valence-electron chi connectivity index (χ0n) is 31.0. The standard InChI is InChI=1S/C11H18BrNO3S2.C10H18N2O3S2.C9H14BrNO3S2/c1-6-13(11(2,3)4)18(14,15)10-9(16-5)8(12)7-17-10;1-5-12(10(2,3)4)17(14,15)9-8(13)7(11)6-16-9;1-9(2,3)11-16(12,13)8-7(14-4)6(10)5-15-8/h7H,6H2,1-5H3;6,13H,5,11H2,1-4H3;5,11H,1-4H3. The first kappa shape index (κ1) is 48.0. The number of thiophene rings is 3. The number of anilines is 1. The van der Waals surface area contributed by atoms with Crippen molar-refractivity contribution in [2.45, 2.75) is 105 Å². The molecule has 0 fully saturated rings. The van der Waals surface area contributed by atoms with Gasteiger partial charge in [0.05, 0.1) is 28.9 Å². The molecule has 0 amide bonds. The molecule has 0 radical (unpaired) electrons. The minimum Gasteiger partial charge on any atom is -0.504 e. The highest BCUT2D eigenvalue weighted by atomic mass is 79.9. The minimum atomic E-state index is -3.70. The van der Waals surface area contributed by atoms with Crippen LogP contribution in [0.5, 0.6) is 17.2 Å². The fourth-order valence-corrected chi connectivity index (χ4v) is 15.4. The summed E-state index contributed by atoms with van der Waals surface area (Å²) in [4.78, 5) is 0. The lowest BCUT2D eigenvalue weighted by molar-refractivity contribution is 0.258. The lowest BCUT2D eigenvalue weighted by Gasteiger charge is -2.33. The summed E-state index contributed by atoms with van der Waals surface area (Å²) >= 11 is 9.77. The Morgan fingerprint density at radius 3 is 1.37 bits per heavy atom. The number of nitrogen functional groups attached to an aromatic ring is 1. The first-order valence-corrected chi connectivity index (χ1v) is 23.8. The van der Waals surface area contributed by atoms with Crippen LogP contribution in [0.15, 0.2) is 37.7 Å². The van der Waals surface area contributed by atoms with Crippen molar-refractivity contribution in [3.05, 3.63) is 25.1 Å². The van der Waals surface area contributed by atoms with Crippen LogP contribution >= 0.6 is 65.9 Å². The van der Waals surface area contributed by atoms with E-state index < -0.39 is 46.7 Å². The van der Waals surface area contributed by atoms with Gasteiger partial charge in [-0.05, 0) is 94.2 Å². The molecule has 0 aliphatic heterocycles. The van der Waals surface area contributed by atoms with Gasteiger partial charge in [0.2, 0.25) is 0 Å². The number of hydrogen-bond acceptors (Lipinski definition) is 13. The zero-order chi connectivity index (χ0) is 40.1. The Balaban J connectivity index is 0.000000383. The van der Waals surface area contributed by atoms with Crippen LogP contribution in [0.2, 0.25) is 0 Å². The van der Waals surface area contributed by atoms with Gasteiger partial charge in [0.1, 0.15) is 0 Å². The number of rotatable bonds is 10. The molecule has 13 nitrogen and oxygen atoms in total. The minimum absolute atomic E-state index is 0.0909. The average molecular weight is 963 g/mol. The number of ether oxygens (including phenoxy) is 2. The van der Waals surface area contributed by atoms with E-state index in [1.807, 2.05) is 48.5 Å². The van der Waals surface area contributed by atoms with E-state index >= 15 is 0 Å². The molecule has 0 aliphatic carbocycles. The number of aromatic hydroxyl groups is 1. The second-order valence-electron chi connectivity index (χ2n) is 13.7. The van der Waals surface area contributed by atoms with E-state index in [2.05, 4.69) is 36.6 Å². The van der Waals surface area contributed by atoms with Crippen molar-refractivity contribution >= 4 is 102 Å². The van der Waals surface area contributed by atoms with Crippen LogP contribution in [-0.2, 0) is 30.1 Å². The Hall–Kier alpha value is -1.01. The lowest BCUT2D eigenvalue weighted by atomic mass is 10.1. The summed E-state index contributed by atoms with van der Waals surface area (Å²) in [6, 6.07) is 0. The van der Waals surface area contributed by atoms with Crippen molar-refractivity contribution in [2.75, 3.05) is 33.0 Å². The number of halogens is 2. The molecular formula is C30H50Br2N4O9S6. The van der Waals surface area contributed by atoms with Gasteiger partial charge in [-0.15, -0.1) is 34.0 Å². The number of sulfonamides is 3. The van der Waals surface area contributed by atoms with E-state index in [0.29, 0.717) is 33.5 Å². The van der Waals surface area contributed by atoms with Gasteiger partial charge in [0.25, 0.3) is 30.1 Å². The van der Waals surface area contributed by atoms with Gasteiger partial charge in [0.15, 0.2) is 29.9 Å². The van der Waals surface area contributed by atoms with Crippen LogP contribution in [0.3, 0.4) is 0 Å². The highest BCUT2D eigenvalue weighted by Gasteiger charge is 2.37. The molecule has 0 atom stereocenters. The van der Waals surface area contributed by atoms with Crippen molar-refractivity contribution in [3.63, 3.8) is 0 Å². The zero-order valence-corrected chi connectivity index (χ0v) is 39.1. The maximum absolute atomic E-state index is 12.6. The van der Waals surface area contributed by atoms with Gasteiger partial charge in [-0.1, -0.05) is 13.8 Å². The van der Waals surface area contributed by atoms with Crippen LogP contribution in [-0.4, -0.2) is 82.9 Å². The molecule has 0 aliphatic rings. The van der Waals surface area contributed by atoms with Crippen molar-refractivity contribution in [2.24, 2.45) is 0 Å². The third-order valence-electron chi connectivity index (χ3n) is 6.32. The molecule has 0 bridgehead atoms. The van der Waals surface area contributed by atoms with E-state index in [1.54, 1.807) is 38.5 Å². The summed E-state index contributed by atoms with van der Waals surface area (Å²) in [6.45, 7) is 20.8. The molecule has 0 unspecified atom stereocenters. The van der Waals surface area contributed by atoms with Gasteiger partial charge < -0.3 is 20.3 Å². The monoisotopic (exact) mass is 960 g/mol. The molecule has 3 heterocycles. The second kappa shape index (κ2) is 18.1. The van der Waals surface area contributed by atoms with Crippen molar-refractivity contribution in [1.29, 1.82) is 0 Å². The normalized spacial score (nSPS) is 13.0. The van der Waals surface area contributed by atoms with Crippen LogP contribution in [0.25, 0.3) is 0 Å². The fraction of sp³-hybridized carbons (Fsp3) is 0.600. The predicted molar refractivity (Wildman–Crippen MR) is 216 cm³/mol. The third-order valence-corrected chi connectivity index (χ3v) is 18.8. The molecule has 3 aromatic heterocycles. The molecule has 21 heteroatoms. The smallest absolute Gasteiger partial charge is 0.256 e. The highest BCUT2D eigenvalue weighted by Crippen LogP contribution is 2.42. The maximum Gasteiger partial charge on any atom is 0.256 e. The van der Waals surface area contributed by atoms with Crippen LogP contribution in [0.4, 0.5) is 5.69 Å². The summed E-state index contributed by atoms with van der Waals surface area (Å²) < 4.78 is 91.4. The third kappa shape index (κ3) is 12.2. The predicted octanol–water partition coefficient (Wildman–Crippen LogP) is 7.77. The van der Waals surface area contributed by atoms with Gasteiger partial charge in [-0.3, -0.25) is 0 Å². The van der Waals surface area contributed by atoms with E-state index in [0.717, 1.165) is 22.7 Å². The first-order chi connectivity index (χ1) is 22.9. The number of nitrogens with one attached hydrogen (secondary N) is 1. The second-order valence-corrected chi connectivity index (χ2v) is 24.0. The molecule has 3 rings (SSSR count).